The number of benzene rings is 1. The molecule has 0 aliphatic heterocycles. The molecule has 0 heterocycles. The van der Waals surface area contributed by atoms with Crippen LogP contribution in [0.4, 0.5) is 13.2 Å². The highest BCUT2D eigenvalue weighted by Crippen LogP contribution is 2.44. The van der Waals surface area contributed by atoms with Crippen molar-refractivity contribution in [3.8, 4) is 5.75 Å². The summed E-state index contributed by atoms with van der Waals surface area (Å²) >= 11 is 0. The first kappa shape index (κ1) is 20.5. The minimum Gasteiger partial charge on any atom is -0.432 e. The smallest absolute Gasteiger partial charge is 0.387 e. The molecular weight excluding hydrogens is 349 g/mol. The van der Waals surface area contributed by atoms with Crippen molar-refractivity contribution in [1.82, 2.24) is 0 Å². The summed E-state index contributed by atoms with van der Waals surface area (Å²) in [7, 11) is 0. The number of hydrogen-bond acceptors (Lipinski definition) is 1. The van der Waals surface area contributed by atoms with Gasteiger partial charge in [0.1, 0.15) is 0 Å². The molecule has 2 saturated carbocycles. The fraction of sp³-hybridized carbons (Fsp3) is 0.739. The number of halogens is 3. The Bertz CT molecular complexity index is 573. The Morgan fingerprint density at radius 3 is 2.15 bits per heavy atom. The van der Waals surface area contributed by atoms with Crippen molar-refractivity contribution in [2.45, 2.75) is 90.1 Å². The van der Waals surface area contributed by atoms with E-state index in [0.717, 1.165) is 36.2 Å². The predicted molar refractivity (Wildman–Crippen MR) is 103 cm³/mol. The van der Waals surface area contributed by atoms with Gasteiger partial charge in [-0.05, 0) is 79.9 Å². The van der Waals surface area contributed by atoms with E-state index in [1.54, 1.807) is 6.07 Å². The summed E-state index contributed by atoms with van der Waals surface area (Å²) in [6.45, 7) is -0.715. The van der Waals surface area contributed by atoms with Crippen LogP contribution in [0.5, 0.6) is 5.75 Å². The second kappa shape index (κ2) is 9.84. The van der Waals surface area contributed by atoms with Crippen LogP contribution in [0.1, 0.15) is 89.0 Å². The first-order valence-corrected chi connectivity index (χ1v) is 10.8. The second-order valence-corrected chi connectivity index (χ2v) is 8.60. The molecular formula is C23H33F3O. The van der Waals surface area contributed by atoms with Gasteiger partial charge in [0.25, 0.3) is 0 Å². The average molecular weight is 383 g/mol. The van der Waals surface area contributed by atoms with Gasteiger partial charge >= 0.3 is 6.61 Å². The molecule has 1 nitrogen and oxygen atoms in total. The molecule has 0 radical (unpaired) electrons. The third-order valence-electron chi connectivity index (χ3n) is 6.94. The topological polar surface area (TPSA) is 9.23 Å². The lowest BCUT2D eigenvalue weighted by atomic mass is 9.68. The van der Waals surface area contributed by atoms with Gasteiger partial charge in [0, 0.05) is 0 Å². The zero-order valence-corrected chi connectivity index (χ0v) is 16.4. The zero-order valence-electron chi connectivity index (χ0n) is 16.4. The average Bonchev–Trinajstić information content (AvgIpc) is 2.68. The molecule has 1 aromatic carbocycles. The SMILES string of the molecule is CCCC[C@H]1CC[C@H](C2CCC(c3ccc(OC(F)F)c(F)c3)CC2)CC1. The standard InChI is InChI=1S/C23H33F3O/c1-2-3-4-16-5-7-17(8-6-16)18-9-11-19(12-10-18)20-13-14-22(21(24)15-20)27-23(25)26/h13-19,23H,2-12H2,1H3/t16-,17-,18?,19?. The molecule has 0 spiro atoms. The molecule has 1 aromatic rings. The Morgan fingerprint density at radius 1 is 0.963 bits per heavy atom. The van der Waals surface area contributed by atoms with E-state index in [1.807, 2.05) is 0 Å². The number of unbranched alkanes of at least 4 members (excludes halogenated alkanes) is 1. The van der Waals surface area contributed by atoms with E-state index in [1.165, 1.54) is 69.9 Å². The molecule has 0 aromatic heterocycles. The van der Waals surface area contributed by atoms with Gasteiger partial charge in [-0.25, -0.2) is 4.39 Å². The minimum atomic E-state index is -2.99. The highest BCUT2D eigenvalue weighted by atomic mass is 19.3. The van der Waals surface area contributed by atoms with E-state index in [-0.39, 0.29) is 5.75 Å². The van der Waals surface area contributed by atoms with Gasteiger partial charge in [-0.2, -0.15) is 8.78 Å². The summed E-state index contributed by atoms with van der Waals surface area (Å²) in [4.78, 5) is 0. The van der Waals surface area contributed by atoms with Crippen molar-refractivity contribution in [1.29, 1.82) is 0 Å². The molecule has 27 heavy (non-hydrogen) atoms. The van der Waals surface area contributed by atoms with Crippen LogP contribution < -0.4 is 4.74 Å². The molecule has 2 aliphatic rings. The fourth-order valence-electron chi connectivity index (χ4n) is 5.33. The lowest BCUT2D eigenvalue weighted by Gasteiger charge is -2.38. The second-order valence-electron chi connectivity index (χ2n) is 8.60. The Morgan fingerprint density at radius 2 is 1.59 bits per heavy atom. The van der Waals surface area contributed by atoms with Crippen LogP contribution in [0.2, 0.25) is 0 Å². The lowest BCUT2D eigenvalue weighted by Crippen LogP contribution is -2.25. The van der Waals surface area contributed by atoms with Crippen LogP contribution in [-0.2, 0) is 0 Å². The summed E-state index contributed by atoms with van der Waals surface area (Å²) in [5, 5.41) is 0. The van der Waals surface area contributed by atoms with Gasteiger partial charge in [0.05, 0.1) is 0 Å². The molecule has 4 heteroatoms. The molecule has 0 amide bonds. The minimum absolute atomic E-state index is 0.345. The van der Waals surface area contributed by atoms with Crippen molar-refractivity contribution >= 4 is 0 Å². The van der Waals surface area contributed by atoms with Crippen molar-refractivity contribution in [2.24, 2.45) is 17.8 Å². The van der Waals surface area contributed by atoms with Crippen molar-refractivity contribution in [3.05, 3.63) is 29.6 Å². The lowest BCUT2D eigenvalue weighted by molar-refractivity contribution is -0.0522. The maximum atomic E-state index is 14.0. The van der Waals surface area contributed by atoms with Crippen molar-refractivity contribution in [3.63, 3.8) is 0 Å². The molecule has 0 N–H and O–H groups in total. The molecule has 0 saturated heterocycles. The van der Waals surface area contributed by atoms with Gasteiger partial charge in [-0.1, -0.05) is 45.1 Å². The molecule has 0 unspecified atom stereocenters. The van der Waals surface area contributed by atoms with Gasteiger partial charge < -0.3 is 4.74 Å². The van der Waals surface area contributed by atoms with E-state index < -0.39 is 12.4 Å². The van der Waals surface area contributed by atoms with E-state index in [9.17, 15) is 13.2 Å². The molecule has 0 atom stereocenters. The zero-order chi connectivity index (χ0) is 19.2. The monoisotopic (exact) mass is 382 g/mol. The number of hydrogen-bond donors (Lipinski definition) is 0. The van der Waals surface area contributed by atoms with Crippen LogP contribution in [0.3, 0.4) is 0 Å². The first-order valence-electron chi connectivity index (χ1n) is 10.8. The molecule has 2 fully saturated rings. The third-order valence-corrected chi connectivity index (χ3v) is 6.94. The third kappa shape index (κ3) is 5.65. The highest BCUT2D eigenvalue weighted by molar-refractivity contribution is 5.31. The maximum Gasteiger partial charge on any atom is 0.387 e. The first-order chi connectivity index (χ1) is 13.1. The predicted octanol–water partition coefficient (Wildman–Crippen LogP) is 7.70. The van der Waals surface area contributed by atoms with Gasteiger partial charge in [0.15, 0.2) is 11.6 Å². The Hall–Kier alpha value is -1.19. The van der Waals surface area contributed by atoms with Gasteiger partial charge in [0.2, 0.25) is 0 Å². The summed E-state index contributed by atoms with van der Waals surface area (Å²) in [6, 6.07) is 4.49. The fourth-order valence-corrected chi connectivity index (χ4v) is 5.33. The van der Waals surface area contributed by atoms with Crippen LogP contribution >= 0.6 is 0 Å². The molecule has 0 bridgehead atoms. The normalized spacial score (nSPS) is 29.1. The largest absolute Gasteiger partial charge is 0.432 e. The molecule has 3 rings (SSSR count). The summed E-state index contributed by atoms with van der Waals surface area (Å²) in [5.41, 5.74) is 0.927. The Kier molecular flexibility index (Phi) is 7.49. The number of ether oxygens (including phenoxy) is 1. The van der Waals surface area contributed by atoms with Crippen LogP contribution in [0.25, 0.3) is 0 Å². The van der Waals surface area contributed by atoms with Crippen LogP contribution in [-0.4, -0.2) is 6.61 Å². The van der Waals surface area contributed by atoms with E-state index in [2.05, 4.69) is 11.7 Å². The number of alkyl halides is 2. The number of rotatable bonds is 7. The van der Waals surface area contributed by atoms with Crippen LogP contribution in [0, 0.1) is 23.6 Å². The van der Waals surface area contributed by atoms with E-state index in [4.69, 9.17) is 0 Å². The van der Waals surface area contributed by atoms with Crippen molar-refractivity contribution < 1.29 is 17.9 Å². The Labute approximate surface area is 161 Å². The summed E-state index contributed by atoms with van der Waals surface area (Å²) in [5.74, 6) is 1.95. The Balaban J connectivity index is 1.47. The van der Waals surface area contributed by atoms with Crippen LogP contribution in [0.15, 0.2) is 18.2 Å². The van der Waals surface area contributed by atoms with Crippen molar-refractivity contribution in [2.75, 3.05) is 0 Å². The molecule has 2 aliphatic carbocycles. The maximum absolute atomic E-state index is 14.0. The summed E-state index contributed by atoms with van der Waals surface area (Å²) in [6.07, 6.45) is 14.3. The molecule has 152 valence electrons. The van der Waals surface area contributed by atoms with Gasteiger partial charge in [-0.3, -0.25) is 0 Å². The highest BCUT2D eigenvalue weighted by Gasteiger charge is 2.31. The quantitative estimate of drug-likeness (QED) is 0.469. The summed E-state index contributed by atoms with van der Waals surface area (Å²) < 4.78 is 42.8. The van der Waals surface area contributed by atoms with E-state index in [0.29, 0.717) is 5.92 Å². The van der Waals surface area contributed by atoms with Gasteiger partial charge in [-0.15, -0.1) is 0 Å². The van der Waals surface area contributed by atoms with E-state index >= 15 is 0 Å².